The molecule has 36 heavy (non-hydrogen) atoms. The van der Waals surface area contributed by atoms with Gasteiger partial charge in [0, 0.05) is 68.3 Å². The topological polar surface area (TPSA) is 69.5 Å². The first kappa shape index (κ1) is 23.6. The predicted molar refractivity (Wildman–Crippen MR) is 146 cm³/mol. The molecule has 0 bridgehead atoms. The summed E-state index contributed by atoms with van der Waals surface area (Å²) in [5.41, 5.74) is 5.86. The molecule has 3 heterocycles. The summed E-state index contributed by atoms with van der Waals surface area (Å²) in [6, 6.07) is 9.01. The Balaban J connectivity index is 1.27. The van der Waals surface area contributed by atoms with Gasteiger partial charge in [-0.25, -0.2) is 4.98 Å². The molecule has 7 heteroatoms. The van der Waals surface area contributed by atoms with Gasteiger partial charge in [-0.1, -0.05) is 43.2 Å². The van der Waals surface area contributed by atoms with Crippen LogP contribution in [0.1, 0.15) is 44.1 Å². The van der Waals surface area contributed by atoms with Crippen molar-refractivity contribution in [3.8, 4) is 11.1 Å². The Morgan fingerprint density at radius 1 is 1.06 bits per heavy atom. The number of rotatable bonds is 8. The summed E-state index contributed by atoms with van der Waals surface area (Å²) < 4.78 is 2.22. The van der Waals surface area contributed by atoms with Gasteiger partial charge in [-0.2, -0.15) is 4.98 Å². The summed E-state index contributed by atoms with van der Waals surface area (Å²) in [5.74, 6) is 1.59. The lowest BCUT2D eigenvalue weighted by atomic mass is 10.0. The maximum absolute atomic E-state index is 10.0. The Bertz CT molecular complexity index is 1220. The summed E-state index contributed by atoms with van der Waals surface area (Å²) in [7, 11) is 2.20. The van der Waals surface area contributed by atoms with Crippen LogP contribution in [-0.4, -0.2) is 75.3 Å². The molecule has 7 nitrogen and oxygen atoms in total. The van der Waals surface area contributed by atoms with Crippen molar-refractivity contribution in [2.75, 3.05) is 45.1 Å². The number of nitrogens with zero attached hydrogens (tertiary/aromatic N) is 5. The molecule has 1 aromatic carbocycles. The molecule has 1 aliphatic heterocycles. The highest BCUT2D eigenvalue weighted by Gasteiger charge is 2.22. The molecule has 3 aliphatic rings. The summed E-state index contributed by atoms with van der Waals surface area (Å²) in [5, 5.41) is 14.5. The Hall–Kier alpha value is -2.74. The highest BCUT2D eigenvalue weighted by atomic mass is 16.3. The van der Waals surface area contributed by atoms with E-state index in [1.165, 1.54) is 36.1 Å². The zero-order valence-corrected chi connectivity index (χ0v) is 21.4. The molecule has 0 amide bonds. The molecule has 1 saturated heterocycles. The second-order valence-electron chi connectivity index (χ2n) is 10.9. The first-order chi connectivity index (χ1) is 17.6. The van der Waals surface area contributed by atoms with Gasteiger partial charge < -0.3 is 19.9 Å². The van der Waals surface area contributed by atoms with E-state index < -0.39 is 0 Å². The lowest BCUT2D eigenvalue weighted by Crippen LogP contribution is -2.43. The monoisotopic (exact) mass is 486 g/mol. The minimum Gasteiger partial charge on any atom is -0.393 e. The van der Waals surface area contributed by atoms with Crippen LogP contribution in [-0.2, 0) is 6.54 Å². The van der Waals surface area contributed by atoms with Gasteiger partial charge in [0.25, 0.3) is 0 Å². The second kappa shape index (κ2) is 10.3. The molecule has 1 unspecified atom stereocenters. The largest absolute Gasteiger partial charge is 0.393 e. The number of hydrogen-bond acceptors (Lipinski definition) is 6. The van der Waals surface area contributed by atoms with Gasteiger partial charge in [0.05, 0.1) is 6.10 Å². The number of fused-ring (bicyclic) bond motifs is 1. The summed E-state index contributed by atoms with van der Waals surface area (Å²) in [4.78, 5) is 14.6. The van der Waals surface area contributed by atoms with Crippen LogP contribution in [0, 0.1) is 5.92 Å². The fourth-order valence-electron chi connectivity index (χ4n) is 5.41. The number of anilines is 1. The number of piperazine rings is 1. The number of hydrogen-bond donors (Lipinski definition) is 2. The van der Waals surface area contributed by atoms with E-state index in [0.717, 1.165) is 74.6 Å². The quantitative estimate of drug-likeness (QED) is 0.491. The molecule has 3 aromatic rings. The zero-order valence-electron chi connectivity index (χ0n) is 21.4. The van der Waals surface area contributed by atoms with Crippen LogP contribution in [0.2, 0.25) is 0 Å². The van der Waals surface area contributed by atoms with Crippen LogP contribution in [0.3, 0.4) is 0 Å². The third kappa shape index (κ3) is 5.33. The fraction of sp³-hybridized carbons (Fsp3) is 0.517. The number of aliphatic hydroxyl groups is 1. The normalized spacial score (nSPS) is 21.6. The van der Waals surface area contributed by atoms with Crippen LogP contribution < -0.4 is 5.32 Å². The smallest absolute Gasteiger partial charge is 0.224 e. The minimum absolute atomic E-state index is 0.239. The Kier molecular flexibility index (Phi) is 6.78. The van der Waals surface area contributed by atoms with Crippen molar-refractivity contribution in [2.24, 2.45) is 5.92 Å². The van der Waals surface area contributed by atoms with E-state index in [-0.39, 0.29) is 6.10 Å². The van der Waals surface area contributed by atoms with Gasteiger partial charge in [0.15, 0.2) is 0 Å². The highest BCUT2D eigenvalue weighted by Crippen LogP contribution is 2.35. The first-order valence-electron chi connectivity index (χ1n) is 13.6. The number of nitrogens with one attached hydrogen (secondary N) is 1. The Morgan fingerprint density at radius 3 is 2.58 bits per heavy atom. The molecule has 6 rings (SSSR count). The lowest BCUT2D eigenvalue weighted by Gasteiger charge is -2.32. The summed E-state index contributed by atoms with van der Waals surface area (Å²) in [6.45, 7) is 6.47. The van der Waals surface area contributed by atoms with Gasteiger partial charge in [-0.15, -0.1) is 0 Å². The van der Waals surface area contributed by atoms with Crippen molar-refractivity contribution in [1.82, 2.24) is 24.3 Å². The second-order valence-corrected chi connectivity index (χ2v) is 10.9. The molecule has 1 atom stereocenters. The van der Waals surface area contributed by atoms with Crippen LogP contribution in [0.5, 0.6) is 0 Å². The van der Waals surface area contributed by atoms with Crippen molar-refractivity contribution in [2.45, 2.75) is 51.2 Å². The molecule has 2 fully saturated rings. The molecule has 1 saturated carbocycles. The Labute approximate surface area is 213 Å². The molecule has 2 aromatic heterocycles. The van der Waals surface area contributed by atoms with E-state index in [9.17, 15) is 5.11 Å². The van der Waals surface area contributed by atoms with Crippen molar-refractivity contribution < 1.29 is 5.11 Å². The SMILES string of the molecule is CN1CCN(Cc2ccc(-c3cn(C4=CCC(O)CC4)c4nc(NCCC5CC5)ncc34)cc2)CC1. The number of likely N-dealkylation sites (N-methyl/N-ethyl adjacent to an activating group) is 1. The maximum atomic E-state index is 10.0. The lowest BCUT2D eigenvalue weighted by molar-refractivity contribution is 0.148. The standard InChI is InChI=1S/C29H38N6O/c1-33-14-16-34(17-15-33)19-22-4-6-23(7-5-22)27-20-35(24-8-10-25(36)11-9-24)28-26(27)18-31-29(32-28)30-13-12-21-2-3-21/h4-8,18,20-21,25,36H,2-3,9-17,19H2,1H3,(H,30,31,32). The average Bonchev–Trinajstić information content (AvgIpc) is 3.65. The maximum Gasteiger partial charge on any atom is 0.224 e. The van der Waals surface area contributed by atoms with E-state index in [1.807, 2.05) is 6.20 Å². The number of allylic oxidation sites excluding steroid dienone is 1. The van der Waals surface area contributed by atoms with Crippen LogP contribution in [0.25, 0.3) is 27.9 Å². The zero-order chi connectivity index (χ0) is 24.5. The van der Waals surface area contributed by atoms with Crippen molar-refractivity contribution in [3.63, 3.8) is 0 Å². The minimum atomic E-state index is -0.239. The molecule has 2 N–H and O–H groups in total. The van der Waals surface area contributed by atoms with Gasteiger partial charge in [0.1, 0.15) is 5.65 Å². The van der Waals surface area contributed by atoms with E-state index in [1.54, 1.807) is 0 Å². The molecule has 0 radical (unpaired) electrons. The van der Waals surface area contributed by atoms with Gasteiger partial charge in [0.2, 0.25) is 5.95 Å². The van der Waals surface area contributed by atoms with Crippen LogP contribution in [0.15, 0.2) is 42.7 Å². The van der Waals surface area contributed by atoms with E-state index in [4.69, 9.17) is 4.98 Å². The van der Waals surface area contributed by atoms with E-state index >= 15 is 0 Å². The first-order valence-corrected chi connectivity index (χ1v) is 13.6. The third-order valence-electron chi connectivity index (χ3n) is 8.01. The van der Waals surface area contributed by atoms with Crippen molar-refractivity contribution in [1.29, 1.82) is 0 Å². The molecule has 190 valence electrons. The van der Waals surface area contributed by atoms with Crippen LogP contribution >= 0.6 is 0 Å². The highest BCUT2D eigenvalue weighted by molar-refractivity contribution is 5.96. The molecular formula is C29H38N6O. The Morgan fingerprint density at radius 2 is 1.86 bits per heavy atom. The number of aliphatic hydroxyl groups excluding tert-OH is 1. The summed E-state index contributed by atoms with van der Waals surface area (Å²) >= 11 is 0. The third-order valence-corrected chi connectivity index (χ3v) is 8.01. The van der Waals surface area contributed by atoms with Crippen LogP contribution in [0.4, 0.5) is 5.95 Å². The van der Waals surface area contributed by atoms with Gasteiger partial charge >= 0.3 is 0 Å². The average molecular weight is 487 g/mol. The van der Waals surface area contributed by atoms with Crippen molar-refractivity contribution >= 4 is 22.7 Å². The van der Waals surface area contributed by atoms with E-state index in [0.29, 0.717) is 12.4 Å². The molecule has 2 aliphatic carbocycles. The number of aromatic nitrogens is 3. The predicted octanol–water partition coefficient (Wildman–Crippen LogP) is 4.44. The van der Waals surface area contributed by atoms with Gasteiger partial charge in [-0.05, 0) is 49.8 Å². The fourth-order valence-corrected chi connectivity index (χ4v) is 5.41. The molecular weight excluding hydrogens is 448 g/mol. The number of benzene rings is 1. The molecule has 0 spiro atoms. The summed E-state index contributed by atoms with van der Waals surface area (Å²) in [6.07, 6.45) is 12.4. The van der Waals surface area contributed by atoms with Crippen molar-refractivity contribution in [3.05, 3.63) is 48.3 Å². The van der Waals surface area contributed by atoms with Gasteiger partial charge in [-0.3, -0.25) is 4.90 Å². The van der Waals surface area contributed by atoms with E-state index in [2.05, 4.69) is 68.3 Å².